The van der Waals surface area contributed by atoms with Crippen LogP contribution in [0.5, 0.6) is 0 Å². The van der Waals surface area contributed by atoms with E-state index < -0.39 is 11.8 Å². The number of esters is 1. The second-order valence-electron chi connectivity index (χ2n) is 10.1. The number of aryl methyl sites for hydroxylation is 2. The van der Waals surface area contributed by atoms with Gasteiger partial charge in [0.05, 0.1) is 29.6 Å². The number of nitrogens with zero attached hydrogens (tertiary/aromatic N) is 5. The fourth-order valence-electron chi connectivity index (χ4n) is 5.29. The Morgan fingerprint density at radius 1 is 1.10 bits per heavy atom. The fourth-order valence-corrected chi connectivity index (χ4v) is 6.40. The number of carbonyl (C=O) groups is 2. The number of ether oxygens (including phenoxy) is 1. The van der Waals surface area contributed by atoms with Crippen LogP contribution >= 0.6 is 11.3 Å². The summed E-state index contributed by atoms with van der Waals surface area (Å²) in [6.07, 6.45) is 2.25. The van der Waals surface area contributed by atoms with E-state index in [-0.39, 0.29) is 18.6 Å². The van der Waals surface area contributed by atoms with E-state index in [0.717, 1.165) is 12.1 Å². The van der Waals surface area contributed by atoms with Gasteiger partial charge in [-0.05, 0) is 76.1 Å². The monoisotopic (exact) mass is 569 g/mol. The number of aromatic nitrogens is 4. The molecule has 0 N–H and O–H groups in total. The van der Waals surface area contributed by atoms with Crippen molar-refractivity contribution in [3.63, 3.8) is 0 Å². The number of thiophene rings is 1. The highest BCUT2D eigenvalue weighted by Crippen LogP contribution is 2.36. The standard InChI is InChI=1S/C31H28FN5O3S/c1-5-40-31(39)21-7-9-25(33-16-21)20-6-8-22(24(32)14-20)26-15-29-34-27(12-17(2)37(29)35-26)30(38)36-11-10-28-23(19(36)4)13-18(3)41-28/h6-9,12-16,19H,5,10-11H2,1-4H3. The van der Waals surface area contributed by atoms with Gasteiger partial charge in [0.15, 0.2) is 5.65 Å². The van der Waals surface area contributed by atoms with Crippen molar-refractivity contribution in [3.05, 3.63) is 92.8 Å². The minimum atomic E-state index is -0.472. The summed E-state index contributed by atoms with van der Waals surface area (Å²) in [5.41, 5.74) is 4.88. The summed E-state index contributed by atoms with van der Waals surface area (Å²) < 4.78 is 21.9. The molecule has 1 atom stereocenters. The molecule has 0 saturated heterocycles. The number of benzene rings is 1. The summed E-state index contributed by atoms with van der Waals surface area (Å²) >= 11 is 1.80. The number of hydrogen-bond acceptors (Lipinski definition) is 7. The molecule has 0 radical (unpaired) electrons. The Labute approximate surface area is 240 Å². The topological polar surface area (TPSA) is 89.7 Å². The normalized spacial score (nSPS) is 14.8. The molecule has 6 rings (SSSR count). The maximum absolute atomic E-state index is 15.3. The van der Waals surface area contributed by atoms with Gasteiger partial charge in [-0.3, -0.25) is 9.78 Å². The van der Waals surface area contributed by atoms with Gasteiger partial charge < -0.3 is 9.64 Å². The van der Waals surface area contributed by atoms with Crippen molar-refractivity contribution < 1.29 is 18.7 Å². The second-order valence-corrected chi connectivity index (χ2v) is 11.4. The van der Waals surface area contributed by atoms with E-state index in [9.17, 15) is 9.59 Å². The average Bonchev–Trinajstić information content (AvgIpc) is 3.57. The van der Waals surface area contributed by atoms with Crippen LogP contribution in [0.2, 0.25) is 0 Å². The van der Waals surface area contributed by atoms with Crippen LogP contribution < -0.4 is 0 Å². The zero-order valence-corrected chi connectivity index (χ0v) is 24.0. The maximum Gasteiger partial charge on any atom is 0.339 e. The third-order valence-corrected chi connectivity index (χ3v) is 8.49. The number of halogens is 1. The summed E-state index contributed by atoms with van der Waals surface area (Å²) in [5, 5.41) is 4.58. The van der Waals surface area contributed by atoms with E-state index in [1.54, 1.807) is 59.2 Å². The molecule has 208 valence electrons. The molecule has 0 saturated carbocycles. The minimum absolute atomic E-state index is 0.0292. The quantitative estimate of drug-likeness (QED) is 0.234. The summed E-state index contributed by atoms with van der Waals surface area (Å²) in [5.74, 6) is -1.05. The van der Waals surface area contributed by atoms with Gasteiger partial charge in [-0.25, -0.2) is 18.7 Å². The highest BCUT2D eigenvalue weighted by molar-refractivity contribution is 7.12. The van der Waals surface area contributed by atoms with Crippen molar-refractivity contribution in [2.24, 2.45) is 0 Å². The second kappa shape index (κ2) is 10.5. The molecule has 4 aromatic heterocycles. The lowest BCUT2D eigenvalue weighted by Gasteiger charge is -2.33. The van der Waals surface area contributed by atoms with Crippen LogP contribution in [0, 0.1) is 19.7 Å². The predicted octanol–water partition coefficient (Wildman–Crippen LogP) is 6.21. The molecule has 0 aliphatic carbocycles. The molecule has 0 spiro atoms. The Kier molecular flexibility index (Phi) is 6.86. The molecule has 5 heterocycles. The van der Waals surface area contributed by atoms with Crippen molar-refractivity contribution in [3.8, 4) is 22.5 Å². The Morgan fingerprint density at radius 2 is 1.93 bits per heavy atom. The minimum Gasteiger partial charge on any atom is -0.462 e. The number of fused-ring (bicyclic) bond motifs is 2. The van der Waals surface area contributed by atoms with E-state index in [0.29, 0.717) is 46.0 Å². The lowest BCUT2D eigenvalue weighted by atomic mass is 10.0. The highest BCUT2D eigenvalue weighted by Gasteiger charge is 2.30. The Morgan fingerprint density at radius 3 is 2.66 bits per heavy atom. The van der Waals surface area contributed by atoms with E-state index in [1.165, 1.54) is 27.6 Å². The lowest BCUT2D eigenvalue weighted by molar-refractivity contribution is 0.0525. The molecular formula is C31H28FN5O3S. The zero-order valence-electron chi connectivity index (χ0n) is 23.1. The van der Waals surface area contributed by atoms with Gasteiger partial charge in [-0.15, -0.1) is 11.3 Å². The van der Waals surface area contributed by atoms with Crippen LogP contribution in [-0.2, 0) is 11.2 Å². The van der Waals surface area contributed by atoms with Gasteiger partial charge in [0.2, 0.25) is 0 Å². The van der Waals surface area contributed by atoms with E-state index in [4.69, 9.17) is 4.74 Å². The van der Waals surface area contributed by atoms with Crippen LogP contribution in [-0.4, -0.2) is 49.5 Å². The molecule has 0 fully saturated rings. The fraction of sp³-hybridized carbons (Fsp3) is 0.258. The SMILES string of the molecule is CCOC(=O)c1ccc(-c2ccc(-c3cc4nc(C(=O)N5CCc6sc(C)cc6C5C)cc(C)n4n3)c(F)c2)nc1. The molecule has 8 nitrogen and oxygen atoms in total. The number of amides is 1. The largest absolute Gasteiger partial charge is 0.462 e. The summed E-state index contributed by atoms with van der Waals surface area (Å²) in [7, 11) is 0. The average molecular weight is 570 g/mol. The van der Waals surface area contributed by atoms with Crippen molar-refractivity contribution in [1.82, 2.24) is 24.5 Å². The number of carbonyl (C=O) groups excluding carboxylic acids is 2. The first-order valence-corrected chi connectivity index (χ1v) is 14.3. The zero-order chi connectivity index (χ0) is 28.8. The Hall–Kier alpha value is -4.44. The first kappa shape index (κ1) is 26.8. The number of rotatable bonds is 5. The molecule has 1 aliphatic heterocycles. The number of hydrogen-bond donors (Lipinski definition) is 0. The molecule has 1 unspecified atom stereocenters. The van der Waals surface area contributed by atoms with E-state index in [2.05, 4.69) is 35.0 Å². The van der Waals surface area contributed by atoms with Crippen LogP contribution in [0.1, 0.15) is 61.7 Å². The molecular weight excluding hydrogens is 541 g/mol. The van der Waals surface area contributed by atoms with Crippen molar-refractivity contribution >= 4 is 28.9 Å². The highest BCUT2D eigenvalue weighted by atomic mass is 32.1. The van der Waals surface area contributed by atoms with Crippen LogP contribution in [0.15, 0.2) is 54.7 Å². The van der Waals surface area contributed by atoms with Crippen LogP contribution in [0.25, 0.3) is 28.2 Å². The molecule has 10 heteroatoms. The molecule has 1 amide bonds. The third kappa shape index (κ3) is 4.88. The molecule has 1 aliphatic rings. The van der Waals surface area contributed by atoms with Crippen LogP contribution in [0.3, 0.4) is 0 Å². The van der Waals surface area contributed by atoms with E-state index in [1.807, 2.05) is 11.8 Å². The van der Waals surface area contributed by atoms with Gasteiger partial charge in [-0.1, -0.05) is 6.07 Å². The molecule has 1 aromatic carbocycles. The maximum atomic E-state index is 15.3. The van der Waals surface area contributed by atoms with Crippen molar-refractivity contribution in [2.45, 2.75) is 40.2 Å². The summed E-state index contributed by atoms with van der Waals surface area (Å²) in [6.45, 7) is 8.65. The van der Waals surface area contributed by atoms with E-state index >= 15 is 4.39 Å². The van der Waals surface area contributed by atoms with Gasteiger partial charge in [0.1, 0.15) is 11.5 Å². The molecule has 5 aromatic rings. The number of pyridine rings is 1. The summed E-state index contributed by atoms with van der Waals surface area (Å²) in [4.78, 5) is 38.8. The Balaban J connectivity index is 1.27. The Bertz CT molecular complexity index is 1810. The van der Waals surface area contributed by atoms with Crippen molar-refractivity contribution in [1.29, 1.82) is 0 Å². The van der Waals surface area contributed by atoms with Gasteiger partial charge >= 0.3 is 5.97 Å². The van der Waals surface area contributed by atoms with Crippen LogP contribution in [0.4, 0.5) is 4.39 Å². The first-order valence-electron chi connectivity index (χ1n) is 13.4. The molecule has 41 heavy (non-hydrogen) atoms. The summed E-state index contributed by atoms with van der Waals surface area (Å²) in [6, 6.07) is 13.6. The van der Waals surface area contributed by atoms with Gasteiger partial charge in [-0.2, -0.15) is 5.10 Å². The smallest absolute Gasteiger partial charge is 0.339 e. The third-order valence-electron chi connectivity index (χ3n) is 7.36. The van der Waals surface area contributed by atoms with Gasteiger partial charge in [0.25, 0.3) is 5.91 Å². The molecule has 0 bridgehead atoms. The predicted molar refractivity (Wildman–Crippen MR) is 155 cm³/mol. The van der Waals surface area contributed by atoms with Crippen molar-refractivity contribution in [2.75, 3.05) is 13.2 Å². The first-order chi connectivity index (χ1) is 19.7. The lowest BCUT2D eigenvalue weighted by Crippen LogP contribution is -2.38. The van der Waals surface area contributed by atoms with Gasteiger partial charge in [0, 0.05) is 45.4 Å².